The van der Waals surface area contributed by atoms with E-state index in [1.165, 1.54) is 0 Å². The molecular weight excluding hydrogens is 362 g/mol. The molecule has 0 bridgehead atoms. The number of hydrogen-bond donors (Lipinski definition) is 1. The van der Waals surface area contributed by atoms with Gasteiger partial charge in [0.1, 0.15) is 12.0 Å². The average Bonchev–Trinajstić information content (AvgIpc) is 3.02. The van der Waals surface area contributed by atoms with Crippen LogP contribution in [0, 0.1) is 12.8 Å². The van der Waals surface area contributed by atoms with Gasteiger partial charge in [0.15, 0.2) is 5.89 Å². The maximum Gasteiger partial charge on any atom is 0.243 e. The minimum atomic E-state index is -3.45. The normalized spacial score (nSPS) is 18.7. The van der Waals surface area contributed by atoms with E-state index < -0.39 is 10.0 Å². The molecule has 138 valence electrons. The Morgan fingerprint density at radius 2 is 2.04 bits per heavy atom. The Morgan fingerprint density at radius 1 is 1.32 bits per heavy atom. The van der Waals surface area contributed by atoms with Crippen molar-refractivity contribution in [2.45, 2.75) is 24.7 Å². The van der Waals surface area contributed by atoms with Crippen LogP contribution in [0.5, 0.6) is 0 Å². The third-order valence-electron chi connectivity index (χ3n) is 4.38. The highest BCUT2D eigenvalue weighted by Gasteiger charge is 2.29. The summed E-state index contributed by atoms with van der Waals surface area (Å²) in [5.41, 5.74) is 1.56. The van der Waals surface area contributed by atoms with Crippen LogP contribution < -0.4 is 5.32 Å². The number of hydrogen-bond acceptors (Lipinski definition) is 5. The Labute approximate surface area is 155 Å². The van der Waals surface area contributed by atoms with E-state index in [9.17, 15) is 8.42 Å². The second kappa shape index (κ2) is 8.31. The van der Waals surface area contributed by atoms with Crippen LogP contribution in [-0.2, 0) is 10.0 Å². The number of aryl methyl sites for hydroxylation is 1. The minimum Gasteiger partial charge on any atom is -0.449 e. The Morgan fingerprint density at radius 3 is 2.64 bits per heavy atom. The molecule has 0 amide bonds. The number of sulfonamides is 1. The fourth-order valence-electron chi connectivity index (χ4n) is 3.14. The summed E-state index contributed by atoms with van der Waals surface area (Å²) < 4.78 is 32.5. The van der Waals surface area contributed by atoms with E-state index in [0.29, 0.717) is 35.5 Å². The first-order chi connectivity index (χ1) is 11.5. The maximum absolute atomic E-state index is 12.9. The van der Waals surface area contributed by atoms with Gasteiger partial charge in [-0.05, 0) is 44.5 Å². The molecule has 1 atom stereocenters. The molecule has 0 saturated carbocycles. The predicted octanol–water partition coefficient (Wildman–Crippen LogP) is 2.69. The molecule has 0 radical (unpaired) electrons. The molecule has 0 aliphatic carbocycles. The molecule has 6 nitrogen and oxygen atoms in total. The quantitative estimate of drug-likeness (QED) is 0.856. The van der Waals surface area contributed by atoms with Gasteiger partial charge in [-0.25, -0.2) is 13.4 Å². The van der Waals surface area contributed by atoms with E-state index in [4.69, 9.17) is 4.42 Å². The highest BCUT2D eigenvalue weighted by Crippen LogP contribution is 2.26. The van der Waals surface area contributed by atoms with Gasteiger partial charge in [-0.15, -0.1) is 12.4 Å². The molecule has 2 heterocycles. The smallest absolute Gasteiger partial charge is 0.243 e. The summed E-state index contributed by atoms with van der Waals surface area (Å²) in [7, 11) is -1.54. The first kappa shape index (κ1) is 19.9. The van der Waals surface area contributed by atoms with Crippen LogP contribution in [0.3, 0.4) is 0 Å². The van der Waals surface area contributed by atoms with Gasteiger partial charge in [-0.2, -0.15) is 4.31 Å². The molecule has 1 aromatic carbocycles. The fraction of sp³-hybridized carbons (Fsp3) is 0.471. The van der Waals surface area contributed by atoms with Gasteiger partial charge in [-0.3, -0.25) is 0 Å². The van der Waals surface area contributed by atoms with Crippen LogP contribution in [0.4, 0.5) is 0 Å². The Bertz CT molecular complexity index is 788. The highest BCUT2D eigenvalue weighted by molar-refractivity contribution is 7.89. The maximum atomic E-state index is 12.9. The molecule has 8 heteroatoms. The number of benzene rings is 1. The summed E-state index contributed by atoms with van der Waals surface area (Å²) in [4.78, 5) is 4.59. The van der Waals surface area contributed by atoms with E-state index >= 15 is 0 Å². The van der Waals surface area contributed by atoms with Crippen molar-refractivity contribution >= 4 is 22.4 Å². The molecular formula is C17H24ClN3O3S. The van der Waals surface area contributed by atoms with Crippen molar-refractivity contribution in [3.63, 3.8) is 0 Å². The minimum absolute atomic E-state index is 0. The third-order valence-corrected chi connectivity index (χ3v) is 6.26. The molecule has 0 spiro atoms. The molecule has 1 fully saturated rings. The third kappa shape index (κ3) is 4.41. The van der Waals surface area contributed by atoms with Crippen LogP contribution in [0.2, 0.25) is 0 Å². The zero-order valence-corrected chi connectivity index (χ0v) is 16.1. The van der Waals surface area contributed by atoms with Crippen LogP contribution in [0.1, 0.15) is 18.7 Å². The molecule has 3 rings (SSSR count). The summed E-state index contributed by atoms with van der Waals surface area (Å²) >= 11 is 0. The molecule has 1 aliphatic rings. The largest absolute Gasteiger partial charge is 0.449 e. The lowest BCUT2D eigenvalue weighted by Crippen LogP contribution is -2.42. The molecule has 1 aliphatic heterocycles. The van der Waals surface area contributed by atoms with Crippen molar-refractivity contribution in [2.24, 2.45) is 5.92 Å². The van der Waals surface area contributed by atoms with Gasteiger partial charge in [0.05, 0.1) is 4.90 Å². The lowest BCUT2D eigenvalue weighted by molar-refractivity contribution is 0.263. The number of oxazole rings is 1. The molecule has 1 aromatic heterocycles. The van der Waals surface area contributed by atoms with Gasteiger partial charge in [-0.1, -0.05) is 12.1 Å². The van der Waals surface area contributed by atoms with E-state index in [2.05, 4.69) is 10.3 Å². The van der Waals surface area contributed by atoms with Crippen molar-refractivity contribution < 1.29 is 12.8 Å². The lowest BCUT2D eigenvalue weighted by Gasteiger charge is -2.31. The number of rotatable bonds is 5. The SMILES string of the molecule is CNCC1CCCN(S(=O)(=O)c2ccc(-c3coc(C)n3)cc2)C1.Cl. The van der Waals surface area contributed by atoms with Crippen LogP contribution in [-0.4, -0.2) is 44.4 Å². The average molecular weight is 386 g/mol. The molecule has 25 heavy (non-hydrogen) atoms. The zero-order valence-electron chi connectivity index (χ0n) is 14.4. The molecule has 1 N–H and O–H groups in total. The van der Waals surface area contributed by atoms with Crippen LogP contribution in [0.15, 0.2) is 39.8 Å². The Hall–Kier alpha value is -1.41. The number of halogens is 1. The van der Waals surface area contributed by atoms with E-state index in [0.717, 1.165) is 24.9 Å². The van der Waals surface area contributed by atoms with Gasteiger partial charge < -0.3 is 9.73 Å². The van der Waals surface area contributed by atoms with E-state index in [-0.39, 0.29) is 12.4 Å². The predicted molar refractivity (Wildman–Crippen MR) is 99.3 cm³/mol. The summed E-state index contributed by atoms with van der Waals surface area (Å²) in [6.07, 6.45) is 3.55. The van der Waals surface area contributed by atoms with Gasteiger partial charge in [0.2, 0.25) is 10.0 Å². The summed E-state index contributed by atoms with van der Waals surface area (Å²) in [5.74, 6) is 0.960. The molecule has 1 unspecified atom stereocenters. The van der Waals surface area contributed by atoms with Crippen LogP contribution >= 0.6 is 12.4 Å². The van der Waals surface area contributed by atoms with Gasteiger partial charge >= 0.3 is 0 Å². The first-order valence-corrected chi connectivity index (χ1v) is 9.62. The second-order valence-corrected chi connectivity index (χ2v) is 8.14. The number of aromatic nitrogens is 1. The van der Waals surface area contributed by atoms with Crippen LogP contribution in [0.25, 0.3) is 11.3 Å². The van der Waals surface area contributed by atoms with E-state index in [1.54, 1.807) is 41.8 Å². The van der Waals surface area contributed by atoms with Crippen molar-refractivity contribution in [3.05, 3.63) is 36.4 Å². The van der Waals surface area contributed by atoms with Gasteiger partial charge in [0.25, 0.3) is 0 Å². The monoisotopic (exact) mass is 385 g/mol. The Balaban J connectivity index is 0.00000225. The number of nitrogens with zero attached hydrogens (tertiary/aromatic N) is 2. The molecule has 1 saturated heterocycles. The zero-order chi connectivity index (χ0) is 17.2. The number of piperidine rings is 1. The standard InChI is InChI=1S/C17H23N3O3S.ClH/c1-13-19-17(12-23-13)15-5-7-16(8-6-15)24(21,22)20-9-3-4-14(11-20)10-18-2;/h5-8,12,14,18H,3-4,9-11H2,1-2H3;1H. The second-order valence-electron chi connectivity index (χ2n) is 6.21. The van der Waals surface area contributed by atoms with Crippen molar-refractivity contribution in [1.82, 2.24) is 14.6 Å². The Kier molecular flexibility index (Phi) is 6.62. The molecule has 2 aromatic rings. The highest BCUT2D eigenvalue weighted by atomic mass is 35.5. The first-order valence-electron chi connectivity index (χ1n) is 8.18. The van der Waals surface area contributed by atoms with Gasteiger partial charge in [0, 0.05) is 25.6 Å². The topological polar surface area (TPSA) is 75.4 Å². The lowest BCUT2D eigenvalue weighted by atomic mass is 10.00. The van der Waals surface area contributed by atoms with E-state index in [1.807, 2.05) is 7.05 Å². The summed E-state index contributed by atoms with van der Waals surface area (Å²) in [5, 5.41) is 3.14. The van der Waals surface area contributed by atoms with Crippen molar-refractivity contribution in [1.29, 1.82) is 0 Å². The summed E-state index contributed by atoms with van der Waals surface area (Å²) in [6, 6.07) is 6.85. The fourth-order valence-corrected chi connectivity index (χ4v) is 4.70. The van der Waals surface area contributed by atoms with Crippen molar-refractivity contribution in [3.8, 4) is 11.3 Å². The van der Waals surface area contributed by atoms with Crippen molar-refractivity contribution in [2.75, 3.05) is 26.7 Å². The number of nitrogens with one attached hydrogen (secondary N) is 1. The summed E-state index contributed by atoms with van der Waals surface area (Å²) in [6.45, 7) is 3.79.